The number of rotatable bonds is 5. The van der Waals surface area contributed by atoms with Crippen LogP contribution in [0.15, 0.2) is 24.8 Å². The van der Waals surface area contributed by atoms with Crippen LogP contribution < -0.4 is 4.74 Å². The Hall–Kier alpha value is -1.38. The van der Waals surface area contributed by atoms with Gasteiger partial charge in [-0.25, -0.2) is 4.39 Å². The highest BCUT2D eigenvalue weighted by atomic mass is 19.2. The molecule has 0 bridgehead atoms. The van der Waals surface area contributed by atoms with E-state index >= 15 is 0 Å². The van der Waals surface area contributed by atoms with E-state index in [9.17, 15) is 8.78 Å². The van der Waals surface area contributed by atoms with Gasteiger partial charge in [0.1, 0.15) is 0 Å². The number of methoxy groups -OCH3 is 1. The number of hydrogen-bond donors (Lipinski definition) is 0. The van der Waals surface area contributed by atoms with Gasteiger partial charge in [-0.3, -0.25) is 0 Å². The van der Waals surface area contributed by atoms with E-state index < -0.39 is 11.6 Å². The van der Waals surface area contributed by atoms with E-state index in [1.165, 1.54) is 58.5 Å². The summed E-state index contributed by atoms with van der Waals surface area (Å²) < 4.78 is 33.5. The van der Waals surface area contributed by atoms with E-state index in [1.807, 2.05) is 0 Å². The second kappa shape index (κ2) is 9.83. The highest BCUT2D eigenvalue weighted by molar-refractivity contribution is 5.33. The van der Waals surface area contributed by atoms with Gasteiger partial charge in [0.05, 0.1) is 7.11 Å². The van der Waals surface area contributed by atoms with Crippen molar-refractivity contribution in [2.45, 2.75) is 83.0 Å². The van der Waals surface area contributed by atoms with Gasteiger partial charge in [0.25, 0.3) is 0 Å². The second-order valence-electron chi connectivity index (χ2n) is 10.2. The van der Waals surface area contributed by atoms with Gasteiger partial charge in [-0.15, -0.1) is 6.58 Å². The largest absolute Gasteiger partial charge is 0.494 e. The molecule has 1 aromatic carbocycles. The van der Waals surface area contributed by atoms with E-state index in [0.717, 1.165) is 55.3 Å². The Labute approximate surface area is 181 Å². The van der Waals surface area contributed by atoms with Gasteiger partial charge in [-0.2, -0.15) is 4.39 Å². The molecule has 30 heavy (non-hydrogen) atoms. The minimum Gasteiger partial charge on any atom is -0.494 e. The van der Waals surface area contributed by atoms with E-state index in [2.05, 4.69) is 12.7 Å². The van der Waals surface area contributed by atoms with Crippen molar-refractivity contribution in [3.05, 3.63) is 42.0 Å². The predicted molar refractivity (Wildman–Crippen MR) is 119 cm³/mol. The lowest BCUT2D eigenvalue weighted by atomic mass is 9.64. The lowest BCUT2D eigenvalue weighted by molar-refractivity contribution is 0.114. The average Bonchev–Trinajstić information content (AvgIpc) is 2.81. The first-order chi connectivity index (χ1) is 14.6. The van der Waals surface area contributed by atoms with Crippen LogP contribution in [-0.2, 0) is 0 Å². The van der Waals surface area contributed by atoms with Gasteiger partial charge in [0.2, 0.25) is 5.82 Å². The van der Waals surface area contributed by atoms with Gasteiger partial charge in [-0.1, -0.05) is 12.1 Å². The topological polar surface area (TPSA) is 9.23 Å². The molecule has 0 heterocycles. The summed E-state index contributed by atoms with van der Waals surface area (Å²) in [6.45, 7) is 3.98. The molecular weight excluding hydrogens is 378 g/mol. The van der Waals surface area contributed by atoms with Crippen molar-refractivity contribution in [1.82, 2.24) is 0 Å². The lowest BCUT2D eigenvalue weighted by Gasteiger charge is -2.41. The van der Waals surface area contributed by atoms with Crippen molar-refractivity contribution in [1.29, 1.82) is 0 Å². The molecule has 3 aliphatic rings. The summed E-state index contributed by atoms with van der Waals surface area (Å²) in [6, 6.07) is 3.30. The van der Waals surface area contributed by atoms with Crippen molar-refractivity contribution >= 4 is 0 Å². The van der Waals surface area contributed by atoms with E-state index in [4.69, 9.17) is 4.74 Å². The Balaban J connectivity index is 1.26. The molecule has 0 aromatic heterocycles. The van der Waals surface area contributed by atoms with Crippen LogP contribution in [0.1, 0.15) is 88.5 Å². The molecule has 0 spiro atoms. The van der Waals surface area contributed by atoms with Gasteiger partial charge < -0.3 is 4.74 Å². The molecule has 1 aromatic rings. The fourth-order valence-electron chi connectivity index (χ4n) is 6.86. The first kappa shape index (κ1) is 21.8. The van der Waals surface area contributed by atoms with Gasteiger partial charge in [0, 0.05) is 0 Å². The third-order valence-electron chi connectivity index (χ3n) is 8.81. The molecule has 3 heteroatoms. The molecule has 0 unspecified atom stereocenters. The van der Waals surface area contributed by atoms with Crippen LogP contribution in [0.25, 0.3) is 0 Å². The summed E-state index contributed by atoms with van der Waals surface area (Å²) in [7, 11) is 1.38. The van der Waals surface area contributed by atoms with Crippen LogP contribution >= 0.6 is 0 Å². The maximum Gasteiger partial charge on any atom is 0.200 e. The third kappa shape index (κ3) is 4.60. The van der Waals surface area contributed by atoms with Crippen LogP contribution in [-0.4, -0.2) is 7.11 Å². The molecule has 3 aliphatic carbocycles. The summed E-state index contributed by atoms with van der Waals surface area (Å²) >= 11 is 0. The minimum absolute atomic E-state index is 0.000301. The molecule has 4 rings (SSSR count). The smallest absolute Gasteiger partial charge is 0.200 e. The number of hydrogen-bond acceptors (Lipinski definition) is 1. The Kier molecular flexibility index (Phi) is 7.16. The summed E-state index contributed by atoms with van der Waals surface area (Å²) in [5.74, 6) is 2.90. The summed E-state index contributed by atoms with van der Waals surface area (Å²) in [4.78, 5) is 0. The number of benzene rings is 1. The second-order valence-corrected chi connectivity index (χ2v) is 10.2. The van der Waals surface area contributed by atoms with E-state index in [0.29, 0.717) is 5.56 Å². The summed E-state index contributed by atoms with van der Waals surface area (Å²) in [5.41, 5.74) is 0.547. The fourth-order valence-corrected chi connectivity index (χ4v) is 6.86. The van der Waals surface area contributed by atoms with Crippen LogP contribution in [0, 0.1) is 41.2 Å². The molecular formula is C27H38F2O. The van der Waals surface area contributed by atoms with Crippen molar-refractivity contribution in [3.63, 3.8) is 0 Å². The lowest BCUT2D eigenvalue weighted by Crippen LogP contribution is -2.29. The van der Waals surface area contributed by atoms with E-state index in [-0.39, 0.29) is 11.7 Å². The van der Waals surface area contributed by atoms with Gasteiger partial charge in [0.15, 0.2) is 11.6 Å². The quantitative estimate of drug-likeness (QED) is 0.441. The Morgan fingerprint density at radius 1 is 0.733 bits per heavy atom. The average molecular weight is 417 g/mol. The maximum atomic E-state index is 14.5. The van der Waals surface area contributed by atoms with Crippen molar-refractivity contribution in [3.8, 4) is 5.75 Å². The Morgan fingerprint density at radius 2 is 1.20 bits per heavy atom. The van der Waals surface area contributed by atoms with Crippen LogP contribution in [0.4, 0.5) is 8.78 Å². The molecule has 166 valence electrons. The summed E-state index contributed by atoms with van der Waals surface area (Å²) in [5, 5.41) is 0. The minimum atomic E-state index is -0.836. The van der Waals surface area contributed by atoms with Crippen molar-refractivity contribution < 1.29 is 13.5 Å². The molecule has 0 radical (unpaired) electrons. The first-order valence-corrected chi connectivity index (χ1v) is 12.2. The van der Waals surface area contributed by atoms with Crippen molar-refractivity contribution in [2.24, 2.45) is 29.6 Å². The number of allylic oxidation sites excluding steroid dienone is 1. The first-order valence-electron chi connectivity index (χ1n) is 12.2. The Bertz CT molecular complexity index is 706. The predicted octanol–water partition coefficient (Wildman–Crippen LogP) is 8.05. The molecule has 3 saturated carbocycles. The van der Waals surface area contributed by atoms with Gasteiger partial charge >= 0.3 is 0 Å². The summed E-state index contributed by atoms with van der Waals surface area (Å²) in [6.07, 6.45) is 17.5. The van der Waals surface area contributed by atoms with Gasteiger partial charge in [-0.05, 0) is 124 Å². The van der Waals surface area contributed by atoms with Crippen LogP contribution in [0.2, 0.25) is 0 Å². The monoisotopic (exact) mass is 416 g/mol. The molecule has 0 N–H and O–H groups in total. The third-order valence-corrected chi connectivity index (χ3v) is 8.81. The number of ether oxygens (including phenoxy) is 1. The molecule has 3 fully saturated rings. The molecule has 0 aliphatic heterocycles. The molecule has 0 amide bonds. The Morgan fingerprint density at radius 3 is 1.67 bits per heavy atom. The normalized spacial score (nSPS) is 35.0. The highest BCUT2D eigenvalue weighted by Gasteiger charge is 2.35. The SMILES string of the molecule is C=CC1CCC(C2CCC(C3CCC(c4ccc(OC)c(F)c4F)CC3)CC2)CC1. The zero-order valence-electron chi connectivity index (χ0n) is 18.6. The fraction of sp³-hybridized carbons (Fsp3) is 0.704. The van der Waals surface area contributed by atoms with E-state index in [1.54, 1.807) is 12.1 Å². The standard InChI is InChI=1S/C27H38F2O/c1-3-18-4-6-19(7-5-18)20-8-10-21(11-9-20)22-12-14-23(15-13-22)24-16-17-25(30-2)27(29)26(24)28/h3,16-23H,1,4-15H2,2H3. The molecule has 0 saturated heterocycles. The molecule has 0 atom stereocenters. The highest BCUT2D eigenvalue weighted by Crippen LogP contribution is 2.47. The number of halogens is 2. The zero-order valence-corrected chi connectivity index (χ0v) is 18.6. The molecule has 1 nitrogen and oxygen atoms in total. The zero-order chi connectivity index (χ0) is 21.1. The van der Waals surface area contributed by atoms with Crippen LogP contribution in [0.3, 0.4) is 0 Å². The van der Waals surface area contributed by atoms with Crippen LogP contribution in [0.5, 0.6) is 5.75 Å². The maximum absolute atomic E-state index is 14.5. The van der Waals surface area contributed by atoms with Crippen molar-refractivity contribution in [2.75, 3.05) is 7.11 Å².